The van der Waals surface area contributed by atoms with Crippen molar-refractivity contribution < 1.29 is 9.53 Å². The quantitative estimate of drug-likeness (QED) is 0.544. The number of hydrogen-bond donors (Lipinski definition) is 2. The van der Waals surface area contributed by atoms with Gasteiger partial charge in [0.1, 0.15) is 5.60 Å². The molecule has 0 atom stereocenters. The Morgan fingerprint density at radius 1 is 1.46 bits per heavy atom. The second kappa shape index (κ2) is 3.16. The first kappa shape index (κ1) is 8.77. The van der Waals surface area contributed by atoms with E-state index in [2.05, 4.69) is 10.7 Å². The highest BCUT2D eigenvalue weighted by molar-refractivity contribution is 5.68. The first-order valence-electron chi connectivity index (χ1n) is 4.62. The predicted molar refractivity (Wildman–Crippen MR) is 47.1 cm³/mol. The van der Waals surface area contributed by atoms with Crippen molar-refractivity contribution in [2.75, 3.05) is 26.7 Å². The fraction of sp³-hybridized carbons (Fsp3) is 0.875. The maximum absolute atomic E-state index is 11.2. The highest BCUT2D eigenvalue weighted by atomic mass is 16.6. The minimum atomic E-state index is -0.323. The molecule has 2 fully saturated rings. The van der Waals surface area contributed by atoms with E-state index in [9.17, 15) is 4.79 Å². The normalized spacial score (nSPS) is 28.2. The van der Waals surface area contributed by atoms with Gasteiger partial charge in [-0.3, -0.25) is 5.43 Å². The van der Waals surface area contributed by atoms with Gasteiger partial charge in [-0.15, -0.1) is 0 Å². The maximum Gasteiger partial charge on any atom is 0.422 e. The first-order chi connectivity index (χ1) is 6.20. The smallest absolute Gasteiger partial charge is 0.422 e. The predicted octanol–water partition coefficient (Wildman–Crippen LogP) is -0.305. The lowest BCUT2D eigenvalue weighted by atomic mass is 9.91. The van der Waals surface area contributed by atoms with Crippen LogP contribution in [0.3, 0.4) is 0 Å². The molecule has 0 aromatic heterocycles. The van der Waals surface area contributed by atoms with Gasteiger partial charge < -0.3 is 10.1 Å². The lowest BCUT2D eigenvalue weighted by Crippen LogP contribution is -2.61. The first-order valence-corrected chi connectivity index (χ1v) is 4.62. The van der Waals surface area contributed by atoms with Crippen LogP contribution in [0, 0.1) is 0 Å². The topological polar surface area (TPSA) is 53.6 Å². The van der Waals surface area contributed by atoms with Crippen LogP contribution in [0.5, 0.6) is 0 Å². The van der Waals surface area contributed by atoms with Crippen molar-refractivity contribution in [2.24, 2.45) is 0 Å². The van der Waals surface area contributed by atoms with Crippen LogP contribution in [-0.2, 0) is 4.74 Å². The number of nitrogens with zero attached hydrogens (tertiary/aromatic N) is 1. The zero-order valence-corrected chi connectivity index (χ0v) is 7.80. The second-order valence-corrected chi connectivity index (χ2v) is 3.79. The number of rotatable bonds is 0. The number of hydrogen-bond acceptors (Lipinski definition) is 4. The molecular weight excluding hydrogens is 170 g/mol. The van der Waals surface area contributed by atoms with Gasteiger partial charge in [0.15, 0.2) is 0 Å². The Labute approximate surface area is 77.4 Å². The summed E-state index contributed by atoms with van der Waals surface area (Å²) in [7, 11) is 1.87. The highest BCUT2D eigenvalue weighted by Crippen LogP contribution is 2.26. The Hall–Kier alpha value is -0.810. The molecule has 13 heavy (non-hydrogen) atoms. The van der Waals surface area contributed by atoms with Gasteiger partial charge in [-0.1, -0.05) is 0 Å². The van der Waals surface area contributed by atoms with Gasteiger partial charge in [0.25, 0.3) is 0 Å². The number of likely N-dealkylation sites (N-methyl/N-ethyl adjacent to an activating group) is 1. The average Bonchev–Trinajstić information content (AvgIpc) is 2.02. The van der Waals surface area contributed by atoms with Crippen LogP contribution < -0.4 is 10.7 Å². The zero-order chi connectivity index (χ0) is 9.31. The number of nitrogens with one attached hydrogen (secondary N) is 2. The Morgan fingerprint density at radius 2 is 2.15 bits per heavy atom. The summed E-state index contributed by atoms with van der Waals surface area (Å²) in [5, 5.41) is 5.06. The Bertz CT molecular complexity index is 213. The van der Waals surface area contributed by atoms with E-state index in [1.807, 2.05) is 7.05 Å². The molecule has 0 radical (unpaired) electrons. The van der Waals surface area contributed by atoms with Crippen molar-refractivity contribution in [1.29, 1.82) is 0 Å². The molecule has 0 aromatic rings. The fourth-order valence-corrected chi connectivity index (χ4v) is 2.02. The van der Waals surface area contributed by atoms with Crippen molar-refractivity contribution >= 4 is 6.09 Å². The van der Waals surface area contributed by atoms with E-state index in [-0.39, 0.29) is 11.7 Å². The van der Waals surface area contributed by atoms with Crippen molar-refractivity contribution in [1.82, 2.24) is 15.8 Å². The Balaban J connectivity index is 2.06. The van der Waals surface area contributed by atoms with E-state index in [1.165, 1.54) is 0 Å². The molecule has 2 aliphatic heterocycles. The molecule has 1 spiro atoms. The van der Waals surface area contributed by atoms with Crippen LogP contribution in [0.25, 0.3) is 0 Å². The van der Waals surface area contributed by atoms with Crippen LogP contribution in [0.2, 0.25) is 0 Å². The standard InChI is InChI=1S/C8H15N3O2/c1-11-6-8(13-7(12)10-11)2-4-9-5-3-8/h9H,2-6H2,1H3,(H,10,12). The Morgan fingerprint density at radius 3 is 2.77 bits per heavy atom. The summed E-state index contributed by atoms with van der Waals surface area (Å²) in [6.45, 7) is 2.64. The molecule has 5 heteroatoms. The molecule has 2 saturated heterocycles. The molecule has 2 aliphatic rings. The monoisotopic (exact) mass is 185 g/mol. The van der Waals surface area contributed by atoms with Gasteiger partial charge >= 0.3 is 6.09 Å². The minimum Gasteiger partial charge on any atom is -0.440 e. The molecule has 2 heterocycles. The number of amides is 1. The summed E-state index contributed by atoms with van der Waals surface area (Å²) < 4.78 is 5.35. The SMILES string of the molecule is CN1CC2(CCNCC2)OC(=O)N1. The van der Waals surface area contributed by atoms with Crippen LogP contribution in [0.1, 0.15) is 12.8 Å². The molecular formula is C8H15N3O2. The van der Waals surface area contributed by atoms with E-state index in [0.717, 1.165) is 32.5 Å². The summed E-state index contributed by atoms with van der Waals surface area (Å²) >= 11 is 0. The maximum atomic E-state index is 11.2. The lowest BCUT2D eigenvalue weighted by Gasteiger charge is -2.43. The number of carbonyl (C=O) groups is 1. The number of carbonyl (C=O) groups excluding carboxylic acids is 1. The van der Waals surface area contributed by atoms with E-state index >= 15 is 0 Å². The van der Waals surface area contributed by atoms with Crippen molar-refractivity contribution in [3.05, 3.63) is 0 Å². The van der Waals surface area contributed by atoms with Crippen molar-refractivity contribution in [3.8, 4) is 0 Å². The van der Waals surface area contributed by atoms with Gasteiger partial charge in [0.05, 0.1) is 6.54 Å². The largest absolute Gasteiger partial charge is 0.440 e. The third-order valence-electron chi connectivity index (χ3n) is 2.63. The molecule has 5 nitrogen and oxygen atoms in total. The van der Waals surface area contributed by atoms with Crippen LogP contribution >= 0.6 is 0 Å². The Kier molecular flexibility index (Phi) is 2.13. The second-order valence-electron chi connectivity index (χ2n) is 3.79. The lowest BCUT2D eigenvalue weighted by molar-refractivity contribution is -0.0757. The van der Waals surface area contributed by atoms with E-state index in [0.29, 0.717) is 0 Å². The number of piperidine rings is 1. The molecule has 0 aliphatic carbocycles. The van der Waals surface area contributed by atoms with Crippen LogP contribution in [0.4, 0.5) is 4.79 Å². The van der Waals surface area contributed by atoms with Crippen LogP contribution in [0.15, 0.2) is 0 Å². The zero-order valence-electron chi connectivity index (χ0n) is 7.80. The molecule has 1 amide bonds. The minimum absolute atomic E-state index is 0.248. The summed E-state index contributed by atoms with van der Waals surface area (Å²) in [6, 6.07) is 0. The average molecular weight is 185 g/mol. The van der Waals surface area contributed by atoms with Crippen molar-refractivity contribution in [3.63, 3.8) is 0 Å². The van der Waals surface area contributed by atoms with Crippen molar-refractivity contribution in [2.45, 2.75) is 18.4 Å². The molecule has 0 saturated carbocycles. The molecule has 0 bridgehead atoms. The van der Waals surface area contributed by atoms with E-state index in [1.54, 1.807) is 5.01 Å². The number of ether oxygens (including phenoxy) is 1. The highest BCUT2D eigenvalue weighted by Gasteiger charge is 2.40. The van der Waals surface area contributed by atoms with Gasteiger partial charge in [-0.2, -0.15) is 0 Å². The van der Waals surface area contributed by atoms with Gasteiger partial charge in [-0.25, -0.2) is 9.80 Å². The third kappa shape index (κ3) is 1.76. The third-order valence-corrected chi connectivity index (χ3v) is 2.63. The van der Waals surface area contributed by atoms with Gasteiger partial charge in [0, 0.05) is 19.9 Å². The van der Waals surface area contributed by atoms with E-state index < -0.39 is 0 Å². The van der Waals surface area contributed by atoms with Gasteiger partial charge in [-0.05, 0) is 13.1 Å². The molecule has 0 aromatic carbocycles. The van der Waals surface area contributed by atoms with Gasteiger partial charge in [0.2, 0.25) is 0 Å². The summed E-state index contributed by atoms with van der Waals surface area (Å²) in [5.74, 6) is 0. The summed E-state index contributed by atoms with van der Waals surface area (Å²) in [5.41, 5.74) is 2.35. The van der Waals surface area contributed by atoms with Crippen LogP contribution in [-0.4, -0.2) is 43.4 Å². The molecule has 2 rings (SSSR count). The molecule has 74 valence electrons. The number of hydrazine groups is 1. The fourth-order valence-electron chi connectivity index (χ4n) is 2.02. The van der Waals surface area contributed by atoms with E-state index in [4.69, 9.17) is 4.74 Å². The summed E-state index contributed by atoms with van der Waals surface area (Å²) in [4.78, 5) is 11.2. The summed E-state index contributed by atoms with van der Waals surface area (Å²) in [6.07, 6.45) is 1.49. The molecule has 2 N–H and O–H groups in total. The molecule has 0 unspecified atom stereocenters.